The molecule has 0 bridgehead atoms. The Morgan fingerprint density at radius 3 is 2.81 bits per heavy atom. The number of pyridine rings is 1. The zero-order chi connectivity index (χ0) is 22.2. The predicted octanol–water partition coefficient (Wildman–Crippen LogP) is 2.61. The minimum atomic E-state index is -3.86. The first-order valence-corrected chi connectivity index (χ1v) is 11.2. The first-order chi connectivity index (χ1) is 14.9. The van der Waals surface area contributed by atoms with Gasteiger partial charge in [0.15, 0.2) is 5.75 Å². The summed E-state index contributed by atoms with van der Waals surface area (Å²) < 4.78 is 37.9. The third-order valence-corrected chi connectivity index (χ3v) is 6.99. The Morgan fingerprint density at radius 1 is 1.35 bits per heavy atom. The maximum Gasteiger partial charge on any atom is 0.513 e. The average Bonchev–Trinajstić information content (AvgIpc) is 3.47. The van der Waals surface area contributed by atoms with Gasteiger partial charge in [-0.15, -0.1) is 0 Å². The Labute approximate surface area is 177 Å². The molecule has 0 radical (unpaired) electrons. The average molecular weight is 444 g/mol. The molecule has 0 spiro atoms. The number of rotatable bonds is 7. The molecule has 1 aliphatic carbocycles. The number of hydrogen-bond acceptors (Lipinski definition) is 7. The number of aromatic amines is 2. The van der Waals surface area contributed by atoms with Gasteiger partial charge in [-0.1, -0.05) is 0 Å². The van der Waals surface area contributed by atoms with Gasteiger partial charge in [0.05, 0.1) is 23.0 Å². The van der Waals surface area contributed by atoms with Crippen molar-refractivity contribution in [2.24, 2.45) is 0 Å². The number of sulfonamides is 1. The second-order valence-corrected chi connectivity index (χ2v) is 9.00. The van der Waals surface area contributed by atoms with Crippen molar-refractivity contribution < 1.29 is 22.7 Å². The highest BCUT2D eigenvalue weighted by atomic mass is 32.2. The molecule has 0 unspecified atom stereocenters. The van der Waals surface area contributed by atoms with Crippen LogP contribution in [-0.4, -0.2) is 48.0 Å². The van der Waals surface area contributed by atoms with E-state index in [2.05, 4.69) is 9.97 Å². The number of fused-ring (bicyclic) bond motifs is 3. The second-order valence-electron chi connectivity index (χ2n) is 7.10. The van der Waals surface area contributed by atoms with E-state index >= 15 is 0 Å². The number of nitrogens with one attached hydrogen (secondary N) is 2. The molecule has 2 N–H and O–H groups in total. The first kappa shape index (κ1) is 20.9. The standard InChI is InChI=1S/C20H20N4O6S/c1-2-29-20(26)30-16-11-22-18-17(16)14-10-13(6-7-15(14)23-19(18)25)31(27,28)24(9-3-8-21)12-4-5-12/h6-7,10-12,22H,2-5,9H2,1H3,(H,23,25). The highest BCUT2D eigenvalue weighted by molar-refractivity contribution is 7.89. The Morgan fingerprint density at radius 2 is 2.13 bits per heavy atom. The molecule has 3 aromatic rings. The van der Waals surface area contributed by atoms with Crippen molar-refractivity contribution >= 4 is 38.0 Å². The van der Waals surface area contributed by atoms with Crippen LogP contribution in [-0.2, 0) is 14.8 Å². The monoisotopic (exact) mass is 444 g/mol. The van der Waals surface area contributed by atoms with Crippen LogP contribution >= 0.6 is 0 Å². The van der Waals surface area contributed by atoms with Crippen molar-refractivity contribution in [1.82, 2.24) is 14.3 Å². The van der Waals surface area contributed by atoms with Crippen LogP contribution in [0.25, 0.3) is 21.8 Å². The lowest BCUT2D eigenvalue weighted by Crippen LogP contribution is -2.34. The van der Waals surface area contributed by atoms with Crippen LogP contribution in [0.2, 0.25) is 0 Å². The summed E-state index contributed by atoms with van der Waals surface area (Å²) in [5.41, 5.74) is 0.0927. The van der Waals surface area contributed by atoms with E-state index in [1.807, 2.05) is 6.07 Å². The molecule has 0 atom stereocenters. The summed E-state index contributed by atoms with van der Waals surface area (Å²) in [7, 11) is -3.86. The molecule has 10 nitrogen and oxygen atoms in total. The van der Waals surface area contributed by atoms with Gasteiger partial charge in [-0.05, 0) is 38.0 Å². The van der Waals surface area contributed by atoms with Gasteiger partial charge in [0, 0.05) is 36.1 Å². The number of hydrogen-bond donors (Lipinski definition) is 2. The number of carbonyl (C=O) groups excluding carboxylic acids is 1. The van der Waals surface area contributed by atoms with Gasteiger partial charge in [-0.25, -0.2) is 13.2 Å². The molecule has 1 fully saturated rings. The zero-order valence-electron chi connectivity index (χ0n) is 16.7. The van der Waals surface area contributed by atoms with Gasteiger partial charge in [0.2, 0.25) is 10.0 Å². The van der Waals surface area contributed by atoms with E-state index in [0.29, 0.717) is 10.9 Å². The lowest BCUT2D eigenvalue weighted by Gasteiger charge is -2.21. The number of nitrogens with zero attached hydrogens (tertiary/aromatic N) is 2. The van der Waals surface area contributed by atoms with Crippen LogP contribution in [0.3, 0.4) is 0 Å². The Balaban J connectivity index is 1.86. The molecule has 2 heterocycles. The van der Waals surface area contributed by atoms with E-state index in [4.69, 9.17) is 14.7 Å². The maximum atomic E-state index is 13.3. The fourth-order valence-corrected chi connectivity index (χ4v) is 5.22. The minimum Gasteiger partial charge on any atom is -0.434 e. The van der Waals surface area contributed by atoms with Crippen LogP contribution in [0, 0.1) is 11.3 Å². The molecule has 4 rings (SSSR count). The predicted molar refractivity (Wildman–Crippen MR) is 111 cm³/mol. The molecule has 31 heavy (non-hydrogen) atoms. The van der Waals surface area contributed by atoms with Crippen molar-refractivity contribution in [3.63, 3.8) is 0 Å². The van der Waals surface area contributed by atoms with Crippen LogP contribution < -0.4 is 10.3 Å². The van der Waals surface area contributed by atoms with Crippen molar-refractivity contribution in [1.29, 1.82) is 5.26 Å². The lowest BCUT2D eigenvalue weighted by atomic mass is 10.1. The number of H-pyrrole nitrogens is 2. The zero-order valence-corrected chi connectivity index (χ0v) is 17.5. The van der Waals surface area contributed by atoms with Crippen molar-refractivity contribution in [3.8, 4) is 11.8 Å². The topological polar surface area (TPSA) is 145 Å². The molecule has 11 heteroatoms. The highest BCUT2D eigenvalue weighted by Crippen LogP contribution is 2.35. The SMILES string of the molecule is CCOC(=O)Oc1c[nH]c2c(=O)[nH]c3ccc(S(=O)(=O)N(CCC#N)C4CC4)cc3c12. The van der Waals surface area contributed by atoms with E-state index < -0.39 is 21.7 Å². The Hall–Kier alpha value is -3.36. The summed E-state index contributed by atoms with van der Waals surface area (Å²) in [6.45, 7) is 1.86. The van der Waals surface area contributed by atoms with Crippen molar-refractivity contribution in [2.45, 2.75) is 37.1 Å². The number of carbonyl (C=O) groups is 1. The summed E-state index contributed by atoms with van der Waals surface area (Å²) in [5, 5.41) is 9.57. The number of benzene rings is 1. The summed E-state index contributed by atoms with van der Waals surface area (Å²) >= 11 is 0. The molecule has 0 aliphatic heterocycles. The summed E-state index contributed by atoms with van der Waals surface area (Å²) in [6, 6.07) is 6.23. The van der Waals surface area contributed by atoms with E-state index in [1.165, 1.54) is 28.7 Å². The quantitative estimate of drug-likeness (QED) is 0.533. The van der Waals surface area contributed by atoms with Gasteiger partial charge in [-0.2, -0.15) is 9.57 Å². The normalized spacial score (nSPS) is 14.1. The van der Waals surface area contributed by atoms with E-state index in [-0.39, 0.29) is 47.2 Å². The lowest BCUT2D eigenvalue weighted by molar-refractivity contribution is 0.105. The van der Waals surface area contributed by atoms with E-state index in [0.717, 1.165) is 12.8 Å². The van der Waals surface area contributed by atoms with Gasteiger partial charge in [0.25, 0.3) is 5.56 Å². The molecule has 1 saturated carbocycles. The van der Waals surface area contributed by atoms with E-state index in [9.17, 15) is 18.0 Å². The Bertz CT molecular complexity index is 1360. The number of nitriles is 1. The summed E-state index contributed by atoms with van der Waals surface area (Å²) in [4.78, 5) is 29.7. The second kappa shape index (κ2) is 8.05. The first-order valence-electron chi connectivity index (χ1n) is 9.77. The van der Waals surface area contributed by atoms with Gasteiger partial charge in [-0.3, -0.25) is 4.79 Å². The van der Waals surface area contributed by atoms with Crippen LogP contribution in [0.15, 0.2) is 34.1 Å². The van der Waals surface area contributed by atoms with Crippen molar-refractivity contribution in [2.75, 3.05) is 13.2 Å². The maximum absolute atomic E-state index is 13.3. The minimum absolute atomic E-state index is 0.0291. The summed E-state index contributed by atoms with van der Waals surface area (Å²) in [5.74, 6) is 0.0580. The molecule has 162 valence electrons. The Kier molecular flexibility index (Phi) is 5.43. The molecule has 1 aromatic carbocycles. The highest BCUT2D eigenvalue weighted by Gasteiger charge is 2.37. The molecule has 1 aliphatic rings. The van der Waals surface area contributed by atoms with Crippen molar-refractivity contribution in [3.05, 3.63) is 34.7 Å². The fourth-order valence-electron chi connectivity index (χ4n) is 3.51. The fraction of sp³-hybridized carbons (Fsp3) is 0.350. The third kappa shape index (κ3) is 3.87. The molecular weight excluding hydrogens is 424 g/mol. The molecule has 2 aromatic heterocycles. The largest absolute Gasteiger partial charge is 0.513 e. The van der Waals surface area contributed by atoms with E-state index in [1.54, 1.807) is 6.92 Å². The third-order valence-electron chi connectivity index (χ3n) is 5.04. The van der Waals surface area contributed by atoms with Gasteiger partial charge in [0.1, 0.15) is 5.52 Å². The summed E-state index contributed by atoms with van der Waals surface area (Å²) in [6.07, 6.45) is 2.02. The van der Waals surface area contributed by atoms with Crippen LogP contribution in [0.5, 0.6) is 5.75 Å². The molecular formula is C20H20N4O6S. The van der Waals surface area contributed by atoms with Gasteiger partial charge < -0.3 is 19.4 Å². The van der Waals surface area contributed by atoms with Crippen LogP contribution in [0.4, 0.5) is 4.79 Å². The molecule has 0 saturated heterocycles. The van der Waals surface area contributed by atoms with Crippen LogP contribution in [0.1, 0.15) is 26.2 Å². The van der Waals surface area contributed by atoms with Gasteiger partial charge >= 0.3 is 6.16 Å². The number of aromatic nitrogens is 2. The number of ether oxygens (including phenoxy) is 2. The molecule has 0 amide bonds. The smallest absolute Gasteiger partial charge is 0.434 e.